The summed E-state index contributed by atoms with van der Waals surface area (Å²) in [7, 11) is 4.27. The molecule has 0 unspecified atom stereocenters. The molecule has 6 nitrogen and oxygen atoms in total. The van der Waals surface area contributed by atoms with E-state index < -0.39 is 0 Å². The van der Waals surface area contributed by atoms with Crippen LogP contribution in [0.25, 0.3) is 0 Å². The highest BCUT2D eigenvalue weighted by molar-refractivity contribution is 5.86. The van der Waals surface area contributed by atoms with E-state index in [1.54, 1.807) is 4.90 Å². The summed E-state index contributed by atoms with van der Waals surface area (Å²) >= 11 is 0. The molecule has 1 aliphatic carbocycles. The van der Waals surface area contributed by atoms with Crippen LogP contribution in [0.4, 0.5) is 0 Å². The monoisotopic (exact) mass is 368 g/mol. The summed E-state index contributed by atoms with van der Waals surface area (Å²) in [4.78, 5) is 28.4. The van der Waals surface area contributed by atoms with Gasteiger partial charge < -0.3 is 10.2 Å². The number of benzene rings is 1. The molecular weight excluding hydrogens is 340 g/mol. The molecule has 2 aliphatic rings. The second kappa shape index (κ2) is 7.69. The zero-order chi connectivity index (χ0) is 19.5. The number of carbonyl (C=O) groups is 2. The van der Waals surface area contributed by atoms with Crippen molar-refractivity contribution in [1.82, 2.24) is 15.1 Å². The van der Waals surface area contributed by atoms with Gasteiger partial charge in [-0.15, -0.1) is 0 Å². The van der Waals surface area contributed by atoms with Gasteiger partial charge in [0, 0.05) is 18.5 Å². The summed E-state index contributed by atoms with van der Waals surface area (Å²) in [6, 6.07) is 12.5. The summed E-state index contributed by atoms with van der Waals surface area (Å²) in [6.07, 6.45) is 4.48. The standard InChI is InChI=1S/C21H28N4O2/c1-24(2)21(17-6-4-3-5-7-17)10-8-20(9-11-21)14-19(27)25(16-20)15-18(26)23-13-12-22/h3-7H,8-11,13-16H2,1-2H3,(H,23,26)/t20-,21-. The van der Waals surface area contributed by atoms with Crippen LogP contribution < -0.4 is 5.32 Å². The highest BCUT2D eigenvalue weighted by atomic mass is 16.2. The minimum absolute atomic E-state index is 0.00709. The summed E-state index contributed by atoms with van der Waals surface area (Å²) in [6.45, 7) is 0.679. The molecule has 0 aromatic heterocycles. The maximum absolute atomic E-state index is 12.5. The molecule has 6 heteroatoms. The lowest BCUT2D eigenvalue weighted by Crippen LogP contribution is -2.47. The Bertz CT molecular complexity index is 730. The molecule has 1 saturated carbocycles. The Hall–Kier alpha value is -2.39. The van der Waals surface area contributed by atoms with Crippen LogP contribution in [0.2, 0.25) is 0 Å². The van der Waals surface area contributed by atoms with Crippen molar-refractivity contribution in [1.29, 1.82) is 5.26 Å². The largest absolute Gasteiger partial charge is 0.341 e. The molecular formula is C21H28N4O2. The van der Waals surface area contributed by atoms with Crippen molar-refractivity contribution >= 4 is 11.8 Å². The van der Waals surface area contributed by atoms with E-state index in [0.717, 1.165) is 25.7 Å². The van der Waals surface area contributed by atoms with Gasteiger partial charge in [-0.25, -0.2) is 0 Å². The zero-order valence-electron chi connectivity index (χ0n) is 16.2. The highest BCUT2D eigenvalue weighted by Gasteiger charge is 2.50. The van der Waals surface area contributed by atoms with E-state index in [2.05, 4.69) is 48.6 Å². The number of hydrogen-bond acceptors (Lipinski definition) is 4. The number of rotatable bonds is 5. The number of nitrogens with one attached hydrogen (secondary N) is 1. The van der Waals surface area contributed by atoms with Gasteiger partial charge in [-0.05, 0) is 50.8 Å². The molecule has 2 amide bonds. The summed E-state index contributed by atoms with van der Waals surface area (Å²) in [5.41, 5.74) is 1.32. The van der Waals surface area contributed by atoms with Gasteiger partial charge in [0.15, 0.2) is 0 Å². The predicted molar refractivity (Wildman–Crippen MR) is 103 cm³/mol. The fraction of sp³-hybridized carbons (Fsp3) is 0.571. The smallest absolute Gasteiger partial charge is 0.240 e. The minimum Gasteiger partial charge on any atom is -0.341 e. The van der Waals surface area contributed by atoms with Gasteiger partial charge in [-0.3, -0.25) is 14.5 Å². The lowest BCUT2D eigenvalue weighted by molar-refractivity contribution is -0.133. The summed E-state index contributed by atoms with van der Waals surface area (Å²) in [5, 5.41) is 11.1. The topological polar surface area (TPSA) is 76.4 Å². The molecule has 27 heavy (non-hydrogen) atoms. The molecule has 1 aliphatic heterocycles. The van der Waals surface area contributed by atoms with Crippen LogP contribution in [0.15, 0.2) is 30.3 Å². The van der Waals surface area contributed by atoms with E-state index in [1.165, 1.54) is 5.56 Å². The molecule has 0 radical (unpaired) electrons. The maximum Gasteiger partial charge on any atom is 0.240 e. The number of carbonyl (C=O) groups excluding carboxylic acids is 2. The molecule has 1 heterocycles. The van der Waals surface area contributed by atoms with Gasteiger partial charge in [0.2, 0.25) is 11.8 Å². The highest BCUT2D eigenvalue weighted by Crippen LogP contribution is 2.51. The van der Waals surface area contributed by atoms with Crippen LogP contribution in [0.1, 0.15) is 37.7 Å². The second-order valence-corrected chi connectivity index (χ2v) is 8.15. The quantitative estimate of drug-likeness (QED) is 0.805. The Morgan fingerprint density at radius 2 is 1.89 bits per heavy atom. The zero-order valence-corrected chi connectivity index (χ0v) is 16.2. The molecule has 0 atom stereocenters. The molecule has 1 N–H and O–H groups in total. The van der Waals surface area contributed by atoms with Crippen LogP contribution in [-0.2, 0) is 15.1 Å². The lowest BCUT2D eigenvalue weighted by Gasteiger charge is -2.48. The van der Waals surface area contributed by atoms with Gasteiger partial charge in [0.05, 0.1) is 12.6 Å². The summed E-state index contributed by atoms with van der Waals surface area (Å²) < 4.78 is 0. The molecule has 3 rings (SSSR count). The fourth-order valence-corrected chi connectivity index (χ4v) is 4.76. The van der Waals surface area contributed by atoms with Crippen molar-refractivity contribution in [2.45, 2.75) is 37.6 Å². The Morgan fingerprint density at radius 1 is 1.22 bits per heavy atom. The average molecular weight is 368 g/mol. The van der Waals surface area contributed by atoms with Crippen LogP contribution in [-0.4, -0.2) is 55.3 Å². The molecule has 0 bridgehead atoms. The first kappa shape index (κ1) is 19.4. The molecule has 1 saturated heterocycles. The number of amides is 2. The number of hydrogen-bond donors (Lipinski definition) is 1. The maximum atomic E-state index is 12.5. The number of nitrogens with zero attached hydrogens (tertiary/aromatic N) is 3. The van der Waals surface area contributed by atoms with Crippen molar-refractivity contribution in [3.05, 3.63) is 35.9 Å². The Labute approximate surface area is 161 Å². The minimum atomic E-state index is -0.260. The number of likely N-dealkylation sites (tertiary alicyclic amines) is 1. The third-order valence-corrected chi connectivity index (χ3v) is 6.41. The van der Waals surface area contributed by atoms with E-state index in [4.69, 9.17) is 5.26 Å². The van der Waals surface area contributed by atoms with E-state index in [0.29, 0.717) is 13.0 Å². The average Bonchev–Trinajstić information content (AvgIpc) is 2.96. The van der Waals surface area contributed by atoms with Crippen LogP contribution in [0.3, 0.4) is 0 Å². The Balaban J connectivity index is 1.68. The molecule has 144 valence electrons. The van der Waals surface area contributed by atoms with Crippen LogP contribution >= 0.6 is 0 Å². The first-order valence-corrected chi connectivity index (χ1v) is 9.55. The summed E-state index contributed by atoms with van der Waals surface area (Å²) in [5.74, 6) is -0.205. The lowest BCUT2D eigenvalue weighted by atomic mass is 9.64. The SMILES string of the molecule is CN(C)[C@]1(c2ccccc2)CC[C@@]2(CC1)CC(=O)N(CC(=O)NCC#N)C2. The van der Waals surface area contributed by atoms with Crippen LogP contribution in [0.5, 0.6) is 0 Å². The van der Waals surface area contributed by atoms with Gasteiger partial charge in [0.1, 0.15) is 6.54 Å². The second-order valence-electron chi connectivity index (χ2n) is 8.15. The van der Waals surface area contributed by atoms with Gasteiger partial charge >= 0.3 is 0 Å². The molecule has 1 spiro atoms. The van der Waals surface area contributed by atoms with Gasteiger partial charge in [-0.1, -0.05) is 30.3 Å². The van der Waals surface area contributed by atoms with Crippen LogP contribution in [0, 0.1) is 16.7 Å². The molecule has 1 aromatic rings. The predicted octanol–water partition coefficient (Wildman–Crippen LogP) is 1.88. The first-order chi connectivity index (χ1) is 12.9. The Morgan fingerprint density at radius 3 is 2.48 bits per heavy atom. The first-order valence-electron chi connectivity index (χ1n) is 9.55. The third-order valence-electron chi connectivity index (χ3n) is 6.41. The molecule has 2 fully saturated rings. The van der Waals surface area contributed by atoms with Crippen molar-refractivity contribution in [3.8, 4) is 6.07 Å². The van der Waals surface area contributed by atoms with Crippen molar-refractivity contribution in [2.75, 3.05) is 33.7 Å². The fourth-order valence-electron chi connectivity index (χ4n) is 4.76. The Kier molecular flexibility index (Phi) is 5.52. The van der Waals surface area contributed by atoms with Crippen molar-refractivity contribution in [2.24, 2.45) is 5.41 Å². The molecule has 1 aromatic carbocycles. The third kappa shape index (κ3) is 3.84. The van der Waals surface area contributed by atoms with Crippen molar-refractivity contribution < 1.29 is 9.59 Å². The van der Waals surface area contributed by atoms with Crippen molar-refractivity contribution in [3.63, 3.8) is 0 Å². The van der Waals surface area contributed by atoms with E-state index in [9.17, 15) is 9.59 Å². The van der Waals surface area contributed by atoms with Gasteiger partial charge in [-0.2, -0.15) is 5.26 Å². The van der Waals surface area contributed by atoms with E-state index in [-0.39, 0.29) is 35.9 Å². The normalized spacial score (nSPS) is 27.8. The van der Waals surface area contributed by atoms with E-state index >= 15 is 0 Å². The number of nitriles is 1. The van der Waals surface area contributed by atoms with Gasteiger partial charge in [0.25, 0.3) is 0 Å². The van der Waals surface area contributed by atoms with E-state index in [1.807, 2.05) is 12.1 Å².